The van der Waals surface area contributed by atoms with Gasteiger partial charge in [-0.3, -0.25) is 0 Å². The molecule has 0 atom stereocenters. The molecule has 3 heteroatoms. The molecule has 1 nitrogen and oxygen atoms in total. The smallest absolute Gasteiger partial charge is 0.130 e. The number of aromatic nitrogens is 1. The van der Waals surface area contributed by atoms with Crippen molar-refractivity contribution in [3.63, 3.8) is 0 Å². The van der Waals surface area contributed by atoms with Crippen LogP contribution in [0.15, 0.2) is 30.3 Å². The van der Waals surface area contributed by atoms with Crippen LogP contribution in [0.2, 0.25) is 5.15 Å². The van der Waals surface area contributed by atoms with Crippen LogP contribution in [0, 0.1) is 0 Å². The number of hydrogen-bond acceptors (Lipinski definition) is 1. The van der Waals surface area contributed by atoms with Crippen LogP contribution in [0.25, 0.3) is 10.8 Å². The van der Waals surface area contributed by atoms with E-state index in [2.05, 4.69) is 39.7 Å². The zero-order valence-corrected chi connectivity index (χ0v) is 9.71. The van der Waals surface area contributed by atoms with E-state index in [9.17, 15) is 0 Å². The number of halogens is 2. The van der Waals surface area contributed by atoms with Crippen molar-refractivity contribution in [2.45, 2.75) is 4.43 Å². The molecule has 0 aliphatic rings. The Morgan fingerprint density at radius 3 is 2.85 bits per heavy atom. The summed E-state index contributed by atoms with van der Waals surface area (Å²) in [6, 6.07) is 10.1. The molecule has 0 saturated heterocycles. The third kappa shape index (κ3) is 1.79. The maximum atomic E-state index is 5.89. The third-order valence-corrected chi connectivity index (χ3v) is 2.83. The minimum Gasteiger partial charge on any atom is -0.240 e. The lowest BCUT2D eigenvalue weighted by atomic mass is 10.1. The summed E-state index contributed by atoms with van der Waals surface area (Å²) < 4.78 is 0.888. The molecule has 0 N–H and O–H groups in total. The number of nitrogens with zero attached hydrogens (tertiary/aromatic N) is 1. The van der Waals surface area contributed by atoms with Gasteiger partial charge in [-0.15, -0.1) is 0 Å². The molecule has 1 aromatic carbocycles. The van der Waals surface area contributed by atoms with Crippen molar-refractivity contribution >= 4 is 45.0 Å². The number of pyridine rings is 1. The fourth-order valence-corrected chi connectivity index (χ4v) is 2.14. The topological polar surface area (TPSA) is 12.9 Å². The molecule has 0 fully saturated rings. The van der Waals surface area contributed by atoms with Crippen LogP contribution in [0.1, 0.15) is 5.69 Å². The van der Waals surface area contributed by atoms with Gasteiger partial charge in [-0.25, -0.2) is 4.98 Å². The van der Waals surface area contributed by atoms with E-state index < -0.39 is 0 Å². The molecule has 66 valence electrons. The third-order valence-electron chi connectivity index (χ3n) is 1.91. The van der Waals surface area contributed by atoms with Crippen molar-refractivity contribution in [3.05, 3.63) is 41.2 Å². The highest BCUT2D eigenvalue weighted by atomic mass is 127. The lowest BCUT2D eigenvalue weighted by molar-refractivity contribution is 1.23. The molecule has 0 spiro atoms. The van der Waals surface area contributed by atoms with Crippen LogP contribution in [0.5, 0.6) is 0 Å². The van der Waals surface area contributed by atoms with Gasteiger partial charge in [0.15, 0.2) is 0 Å². The molecule has 1 aromatic heterocycles. The standard InChI is InChI=1S/C10H7ClIN/c11-10-5-7-3-1-2-4-8(7)9(6-12)13-10/h1-5H,6H2. The average molecular weight is 304 g/mol. The Morgan fingerprint density at radius 2 is 2.08 bits per heavy atom. The Kier molecular flexibility index (Phi) is 2.69. The summed E-state index contributed by atoms with van der Waals surface area (Å²) in [6.07, 6.45) is 0. The maximum Gasteiger partial charge on any atom is 0.130 e. The number of alkyl halides is 1. The van der Waals surface area contributed by atoms with Gasteiger partial charge in [-0.2, -0.15) is 0 Å². The lowest BCUT2D eigenvalue weighted by Crippen LogP contribution is -1.87. The first-order chi connectivity index (χ1) is 6.31. The van der Waals surface area contributed by atoms with Gasteiger partial charge < -0.3 is 0 Å². The van der Waals surface area contributed by atoms with Crippen LogP contribution in [-0.4, -0.2) is 4.98 Å². The summed E-state index contributed by atoms with van der Waals surface area (Å²) >= 11 is 8.19. The van der Waals surface area contributed by atoms with Crippen LogP contribution in [0.4, 0.5) is 0 Å². The second kappa shape index (κ2) is 3.80. The van der Waals surface area contributed by atoms with Crippen molar-refractivity contribution in [1.82, 2.24) is 4.98 Å². The predicted octanol–water partition coefficient (Wildman–Crippen LogP) is 3.82. The molecule has 0 bridgehead atoms. The summed E-state index contributed by atoms with van der Waals surface area (Å²) in [5.41, 5.74) is 1.06. The van der Waals surface area contributed by atoms with Gasteiger partial charge in [-0.1, -0.05) is 58.5 Å². The van der Waals surface area contributed by atoms with E-state index in [-0.39, 0.29) is 0 Å². The molecular formula is C10H7ClIN. The Morgan fingerprint density at radius 1 is 1.31 bits per heavy atom. The van der Waals surface area contributed by atoms with E-state index in [0.29, 0.717) is 5.15 Å². The highest BCUT2D eigenvalue weighted by Gasteiger charge is 2.02. The van der Waals surface area contributed by atoms with Crippen LogP contribution in [-0.2, 0) is 4.43 Å². The first-order valence-electron chi connectivity index (χ1n) is 3.91. The first-order valence-corrected chi connectivity index (χ1v) is 5.82. The van der Waals surface area contributed by atoms with E-state index in [4.69, 9.17) is 11.6 Å². The zero-order chi connectivity index (χ0) is 9.26. The van der Waals surface area contributed by atoms with Gasteiger partial charge in [0.25, 0.3) is 0 Å². The molecule has 0 aliphatic heterocycles. The second-order valence-corrected chi connectivity index (χ2v) is 3.90. The van der Waals surface area contributed by atoms with E-state index in [0.717, 1.165) is 15.5 Å². The Balaban J connectivity index is 2.81. The van der Waals surface area contributed by atoms with Gasteiger partial charge >= 0.3 is 0 Å². The fourth-order valence-electron chi connectivity index (χ4n) is 1.34. The minimum absolute atomic E-state index is 0.574. The zero-order valence-electron chi connectivity index (χ0n) is 6.80. The monoisotopic (exact) mass is 303 g/mol. The first kappa shape index (κ1) is 9.21. The molecule has 0 saturated carbocycles. The Hall–Kier alpha value is -0.350. The normalized spacial score (nSPS) is 10.6. The van der Waals surface area contributed by atoms with Gasteiger partial charge in [0, 0.05) is 9.81 Å². The van der Waals surface area contributed by atoms with Gasteiger partial charge in [0.05, 0.1) is 5.69 Å². The second-order valence-electron chi connectivity index (χ2n) is 2.75. The van der Waals surface area contributed by atoms with Crippen LogP contribution in [0.3, 0.4) is 0 Å². The number of rotatable bonds is 1. The Labute approximate surface area is 95.3 Å². The van der Waals surface area contributed by atoms with Crippen LogP contribution >= 0.6 is 34.2 Å². The molecule has 0 radical (unpaired) electrons. The highest BCUT2D eigenvalue weighted by Crippen LogP contribution is 2.22. The molecule has 2 aromatic rings. The maximum absolute atomic E-state index is 5.89. The summed E-state index contributed by atoms with van der Waals surface area (Å²) in [7, 11) is 0. The van der Waals surface area contributed by atoms with E-state index in [1.807, 2.05) is 18.2 Å². The molecule has 0 amide bonds. The summed E-state index contributed by atoms with van der Waals surface area (Å²) in [5.74, 6) is 0. The molecule has 2 rings (SSSR count). The summed E-state index contributed by atoms with van der Waals surface area (Å²) in [5, 5.41) is 2.93. The van der Waals surface area contributed by atoms with Gasteiger partial charge in [0.1, 0.15) is 5.15 Å². The number of benzene rings is 1. The summed E-state index contributed by atoms with van der Waals surface area (Å²) in [4.78, 5) is 4.28. The average Bonchev–Trinajstić information content (AvgIpc) is 2.16. The van der Waals surface area contributed by atoms with Crippen molar-refractivity contribution in [2.24, 2.45) is 0 Å². The van der Waals surface area contributed by atoms with Gasteiger partial charge in [-0.05, 0) is 11.5 Å². The van der Waals surface area contributed by atoms with Crippen molar-refractivity contribution < 1.29 is 0 Å². The van der Waals surface area contributed by atoms with E-state index in [1.165, 1.54) is 5.39 Å². The highest BCUT2D eigenvalue weighted by molar-refractivity contribution is 14.1. The minimum atomic E-state index is 0.574. The molecular weight excluding hydrogens is 296 g/mol. The van der Waals surface area contributed by atoms with Crippen molar-refractivity contribution in [2.75, 3.05) is 0 Å². The quantitative estimate of drug-likeness (QED) is 0.443. The SMILES string of the molecule is Clc1cc2ccccc2c(CI)n1. The van der Waals surface area contributed by atoms with Crippen molar-refractivity contribution in [1.29, 1.82) is 0 Å². The van der Waals surface area contributed by atoms with Crippen molar-refractivity contribution in [3.8, 4) is 0 Å². The molecule has 0 aliphatic carbocycles. The number of fused-ring (bicyclic) bond motifs is 1. The Bertz CT molecular complexity index is 442. The summed E-state index contributed by atoms with van der Waals surface area (Å²) in [6.45, 7) is 0. The fraction of sp³-hybridized carbons (Fsp3) is 0.100. The lowest BCUT2D eigenvalue weighted by Gasteiger charge is -2.02. The van der Waals surface area contributed by atoms with E-state index in [1.54, 1.807) is 0 Å². The molecule has 0 unspecified atom stereocenters. The predicted molar refractivity (Wildman–Crippen MR) is 64.5 cm³/mol. The molecule has 1 heterocycles. The number of hydrogen-bond donors (Lipinski definition) is 0. The molecule has 13 heavy (non-hydrogen) atoms. The van der Waals surface area contributed by atoms with Gasteiger partial charge in [0.2, 0.25) is 0 Å². The van der Waals surface area contributed by atoms with Crippen LogP contribution < -0.4 is 0 Å². The van der Waals surface area contributed by atoms with E-state index >= 15 is 0 Å². The largest absolute Gasteiger partial charge is 0.240 e.